The summed E-state index contributed by atoms with van der Waals surface area (Å²) in [5.41, 5.74) is 6.11. The van der Waals surface area contributed by atoms with Gasteiger partial charge < -0.3 is 15.8 Å². The Morgan fingerprint density at radius 2 is 2.33 bits per heavy atom. The number of rotatable bonds is 5. The van der Waals surface area contributed by atoms with Crippen LogP contribution in [0.4, 0.5) is 0 Å². The first-order valence-electron chi connectivity index (χ1n) is 4.79. The monoisotopic (exact) mass is 208 g/mol. The Bertz CT molecular complexity index is 339. The molecular weight excluding hydrogens is 192 g/mol. The van der Waals surface area contributed by atoms with Crippen LogP contribution in [0.2, 0.25) is 0 Å². The Morgan fingerprint density at radius 3 is 2.93 bits per heavy atom. The summed E-state index contributed by atoms with van der Waals surface area (Å²) >= 11 is 0. The molecule has 0 saturated heterocycles. The molecular formula is C11H16N2O2. The largest absolute Gasteiger partial charge is 0.497 e. The molecule has 0 bridgehead atoms. The van der Waals surface area contributed by atoms with Crippen LogP contribution in [0, 0.1) is 0 Å². The molecule has 1 atom stereocenters. The fraction of sp³-hybridized carbons (Fsp3) is 0.364. The maximum atomic E-state index is 10.6. The second kappa shape index (κ2) is 5.36. The van der Waals surface area contributed by atoms with Crippen molar-refractivity contribution in [3.05, 3.63) is 29.8 Å². The lowest BCUT2D eigenvalue weighted by Gasteiger charge is -2.13. The highest BCUT2D eigenvalue weighted by atomic mass is 16.5. The van der Waals surface area contributed by atoms with E-state index in [-0.39, 0.29) is 18.5 Å². The van der Waals surface area contributed by atoms with E-state index in [1.54, 1.807) is 7.11 Å². The number of hydrogen-bond donors (Lipinski definition) is 2. The van der Waals surface area contributed by atoms with Gasteiger partial charge in [-0.3, -0.25) is 4.79 Å². The minimum absolute atomic E-state index is 0.0765. The smallest absolute Gasteiger partial charge is 0.231 e. The molecule has 0 radical (unpaired) electrons. The minimum Gasteiger partial charge on any atom is -0.497 e. The van der Waals surface area contributed by atoms with Gasteiger partial charge in [0.1, 0.15) is 5.75 Å². The number of amides is 1. The molecule has 1 aromatic rings. The SMILES string of the molecule is COc1cccc([C@H](C)NCC(N)=O)c1. The van der Waals surface area contributed by atoms with E-state index in [1.165, 1.54) is 0 Å². The maximum absolute atomic E-state index is 10.6. The van der Waals surface area contributed by atoms with Gasteiger partial charge in [0.15, 0.2) is 0 Å². The van der Waals surface area contributed by atoms with Crippen molar-refractivity contribution in [2.24, 2.45) is 5.73 Å². The van der Waals surface area contributed by atoms with Gasteiger partial charge in [-0.05, 0) is 24.6 Å². The van der Waals surface area contributed by atoms with Crippen LogP contribution in [-0.2, 0) is 4.79 Å². The number of hydrogen-bond acceptors (Lipinski definition) is 3. The van der Waals surface area contributed by atoms with Crippen molar-refractivity contribution in [1.82, 2.24) is 5.32 Å². The van der Waals surface area contributed by atoms with Crippen LogP contribution in [0.15, 0.2) is 24.3 Å². The standard InChI is InChI=1S/C11H16N2O2/c1-8(13-7-11(12)14)9-4-3-5-10(6-9)15-2/h3-6,8,13H,7H2,1-2H3,(H2,12,14)/t8-/m0/s1. The van der Waals surface area contributed by atoms with Crippen LogP contribution in [0.5, 0.6) is 5.75 Å². The number of nitrogens with one attached hydrogen (secondary N) is 1. The summed E-state index contributed by atoms with van der Waals surface area (Å²) < 4.78 is 5.11. The van der Waals surface area contributed by atoms with Crippen molar-refractivity contribution in [1.29, 1.82) is 0 Å². The lowest BCUT2D eigenvalue weighted by atomic mass is 10.1. The van der Waals surface area contributed by atoms with Crippen molar-refractivity contribution in [3.8, 4) is 5.75 Å². The molecule has 1 aromatic carbocycles. The Balaban J connectivity index is 2.64. The molecule has 0 spiro atoms. The molecule has 0 saturated carbocycles. The molecule has 1 rings (SSSR count). The number of nitrogens with two attached hydrogens (primary N) is 1. The summed E-state index contributed by atoms with van der Waals surface area (Å²) in [4.78, 5) is 10.6. The van der Waals surface area contributed by atoms with Crippen LogP contribution >= 0.6 is 0 Å². The third-order valence-corrected chi connectivity index (χ3v) is 2.18. The molecule has 0 aromatic heterocycles. The van der Waals surface area contributed by atoms with E-state index in [1.807, 2.05) is 31.2 Å². The van der Waals surface area contributed by atoms with E-state index in [0.717, 1.165) is 11.3 Å². The lowest BCUT2D eigenvalue weighted by molar-refractivity contribution is -0.117. The molecule has 3 N–H and O–H groups in total. The molecule has 0 aliphatic heterocycles. The molecule has 0 aliphatic carbocycles. The Labute approximate surface area is 89.4 Å². The predicted molar refractivity (Wildman–Crippen MR) is 58.6 cm³/mol. The van der Waals surface area contributed by atoms with Gasteiger partial charge in [0.25, 0.3) is 0 Å². The summed E-state index contributed by atoms with van der Waals surface area (Å²) in [6.07, 6.45) is 0. The molecule has 4 heteroatoms. The van der Waals surface area contributed by atoms with E-state index in [2.05, 4.69) is 5.32 Å². The summed E-state index contributed by atoms with van der Waals surface area (Å²) in [5, 5.41) is 3.02. The van der Waals surface area contributed by atoms with Gasteiger partial charge >= 0.3 is 0 Å². The molecule has 0 fully saturated rings. The Morgan fingerprint density at radius 1 is 1.60 bits per heavy atom. The topological polar surface area (TPSA) is 64.3 Å². The van der Waals surface area contributed by atoms with E-state index in [0.29, 0.717) is 0 Å². The summed E-state index contributed by atoms with van der Waals surface area (Å²) in [6.45, 7) is 2.15. The first-order valence-corrected chi connectivity index (χ1v) is 4.79. The average molecular weight is 208 g/mol. The third kappa shape index (κ3) is 3.59. The maximum Gasteiger partial charge on any atom is 0.231 e. The van der Waals surface area contributed by atoms with Crippen molar-refractivity contribution >= 4 is 5.91 Å². The molecule has 82 valence electrons. The van der Waals surface area contributed by atoms with E-state index < -0.39 is 0 Å². The van der Waals surface area contributed by atoms with Crippen LogP contribution in [-0.4, -0.2) is 19.6 Å². The zero-order valence-corrected chi connectivity index (χ0v) is 8.99. The average Bonchev–Trinajstić information content (AvgIpc) is 2.26. The number of methoxy groups -OCH3 is 1. The zero-order chi connectivity index (χ0) is 11.3. The first-order chi connectivity index (χ1) is 7.13. The summed E-state index contributed by atoms with van der Waals surface area (Å²) in [7, 11) is 1.63. The van der Waals surface area contributed by atoms with Crippen molar-refractivity contribution in [2.45, 2.75) is 13.0 Å². The Hall–Kier alpha value is -1.55. The van der Waals surface area contributed by atoms with Gasteiger partial charge in [-0.25, -0.2) is 0 Å². The second-order valence-corrected chi connectivity index (χ2v) is 3.35. The zero-order valence-electron chi connectivity index (χ0n) is 8.99. The molecule has 15 heavy (non-hydrogen) atoms. The van der Waals surface area contributed by atoms with Gasteiger partial charge in [-0.2, -0.15) is 0 Å². The fourth-order valence-corrected chi connectivity index (χ4v) is 1.28. The highest BCUT2D eigenvalue weighted by molar-refractivity contribution is 5.75. The van der Waals surface area contributed by atoms with Gasteiger partial charge in [0, 0.05) is 6.04 Å². The second-order valence-electron chi connectivity index (χ2n) is 3.35. The molecule has 1 amide bonds. The minimum atomic E-state index is -0.357. The van der Waals surface area contributed by atoms with Crippen molar-refractivity contribution in [3.63, 3.8) is 0 Å². The third-order valence-electron chi connectivity index (χ3n) is 2.18. The number of ether oxygens (including phenoxy) is 1. The highest BCUT2D eigenvalue weighted by Gasteiger charge is 2.06. The number of primary amides is 1. The Kier molecular flexibility index (Phi) is 4.12. The molecule has 4 nitrogen and oxygen atoms in total. The molecule has 0 heterocycles. The van der Waals surface area contributed by atoms with Crippen LogP contribution in [0.3, 0.4) is 0 Å². The van der Waals surface area contributed by atoms with E-state index >= 15 is 0 Å². The van der Waals surface area contributed by atoms with Gasteiger partial charge in [-0.1, -0.05) is 12.1 Å². The van der Waals surface area contributed by atoms with Crippen LogP contribution in [0.25, 0.3) is 0 Å². The van der Waals surface area contributed by atoms with Gasteiger partial charge in [0.05, 0.1) is 13.7 Å². The van der Waals surface area contributed by atoms with Crippen LogP contribution < -0.4 is 15.8 Å². The quantitative estimate of drug-likeness (QED) is 0.753. The van der Waals surface area contributed by atoms with E-state index in [9.17, 15) is 4.79 Å². The first kappa shape index (κ1) is 11.5. The normalized spacial score (nSPS) is 12.1. The number of carbonyl (C=O) groups is 1. The number of benzene rings is 1. The van der Waals surface area contributed by atoms with E-state index in [4.69, 9.17) is 10.5 Å². The summed E-state index contributed by atoms with van der Waals surface area (Å²) in [6, 6.07) is 7.77. The highest BCUT2D eigenvalue weighted by Crippen LogP contribution is 2.18. The molecule has 0 unspecified atom stereocenters. The molecule has 0 aliphatic rings. The summed E-state index contributed by atoms with van der Waals surface area (Å²) in [5.74, 6) is 0.449. The number of carbonyl (C=O) groups excluding carboxylic acids is 1. The van der Waals surface area contributed by atoms with Crippen LogP contribution in [0.1, 0.15) is 18.5 Å². The van der Waals surface area contributed by atoms with Crippen molar-refractivity contribution in [2.75, 3.05) is 13.7 Å². The fourth-order valence-electron chi connectivity index (χ4n) is 1.28. The van der Waals surface area contributed by atoms with Gasteiger partial charge in [-0.15, -0.1) is 0 Å². The predicted octanol–water partition coefficient (Wildman–Crippen LogP) is 0.831. The van der Waals surface area contributed by atoms with Gasteiger partial charge in [0.2, 0.25) is 5.91 Å². The lowest BCUT2D eigenvalue weighted by Crippen LogP contribution is -2.30. The van der Waals surface area contributed by atoms with Crippen molar-refractivity contribution < 1.29 is 9.53 Å².